The first-order chi connectivity index (χ1) is 6.75. The van der Waals surface area contributed by atoms with Crippen LogP contribution < -0.4 is 0 Å². The predicted molar refractivity (Wildman–Crippen MR) is 52.0 cm³/mol. The lowest BCUT2D eigenvalue weighted by Crippen LogP contribution is -2.03. The van der Waals surface area contributed by atoms with Crippen LogP contribution in [0.2, 0.25) is 0 Å². The second-order valence-electron chi connectivity index (χ2n) is 4.57. The summed E-state index contributed by atoms with van der Waals surface area (Å²) < 4.78 is 5.54. The first-order valence-corrected chi connectivity index (χ1v) is 5.36. The Balaban J connectivity index is 1.70. The Labute approximate surface area is 83.3 Å². The highest BCUT2D eigenvalue weighted by atomic mass is 16.3. The molecular formula is C12H14O2. The van der Waals surface area contributed by atoms with Gasteiger partial charge in [-0.25, -0.2) is 0 Å². The first kappa shape index (κ1) is 8.27. The van der Waals surface area contributed by atoms with Gasteiger partial charge in [0.25, 0.3) is 0 Å². The molecule has 0 spiro atoms. The van der Waals surface area contributed by atoms with Crippen molar-refractivity contribution in [2.45, 2.75) is 32.1 Å². The van der Waals surface area contributed by atoms with E-state index >= 15 is 0 Å². The van der Waals surface area contributed by atoms with Crippen molar-refractivity contribution in [1.82, 2.24) is 0 Å². The zero-order chi connectivity index (χ0) is 9.71. The topological polar surface area (TPSA) is 30.2 Å². The number of furan rings is 1. The van der Waals surface area contributed by atoms with Crippen LogP contribution in [0, 0.1) is 18.8 Å². The van der Waals surface area contributed by atoms with E-state index in [4.69, 9.17) is 4.42 Å². The van der Waals surface area contributed by atoms with Gasteiger partial charge in [0.1, 0.15) is 17.3 Å². The fourth-order valence-electron chi connectivity index (χ4n) is 2.15. The molecule has 1 heterocycles. The summed E-state index contributed by atoms with van der Waals surface area (Å²) in [6.07, 6.45) is 3.26. The van der Waals surface area contributed by atoms with Crippen LogP contribution in [-0.4, -0.2) is 5.78 Å². The van der Waals surface area contributed by atoms with Crippen molar-refractivity contribution in [2.24, 2.45) is 11.8 Å². The molecule has 2 heteroatoms. The summed E-state index contributed by atoms with van der Waals surface area (Å²) >= 11 is 0. The maximum Gasteiger partial charge on any atom is 0.139 e. The number of hydrogen-bond donors (Lipinski definition) is 0. The van der Waals surface area contributed by atoms with Gasteiger partial charge in [-0.1, -0.05) is 0 Å². The van der Waals surface area contributed by atoms with E-state index in [1.165, 1.54) is 0 Å². The van der Waals surface area contributed by atoms with Gasteiger partial charge >= 0.3 is 0 Å². The Morgan fingerprint density at radius 2 is 2.21 bits per heavy atom. The fourth-order valence-corrected chi connectivity index (χ4v) is 2.15. The lowest BCUT2D eigenvalue weighted by molar-refractivity contribution is -0.121. The fraction of sp³-hybridized carbons (Fsp3) is 0.583. The molecule has 1 aromatic rings. The number of ketones is 1. The summed E-state index contributed by atoms with van der Waals surface area (Å²) in [4.78, 5) is 11.7. The molecule has 0 saturated heterocycles. The van der Waals surface area contributed by atoms with Crippen LogP contribution in [0.4, 0.5) is 0 Å². The smallest absolute Gasteiger partial charge is 0.139 e. The lowest BCUT2D eigenvalue weighted by atomic mass is 10.1. The number of rotatable bonds is 3. The Morgan fingerprint density at radius 3 is 2.79 bits per heavy atom. The minimum Gasteiger partial charge on any atom is -0.466 e. The maximum absolute atomic E-state index is 11.7. The summed E-state index contributed by atoms with van der Waals surface area (Å²) in [5.41, 5.74) is 0. The molecule has 2 saturated carbocycles. The van der Waals surface area contributed by atoms with Crippen molar-refractivity contribution in [2.75, 3.05) is 0 Å². The minimum absolute atomic E-state index is 0.285. The first-order valence-electron chi connectivity index (χ1n) is 5.36. The van der Waals surface area contributed by atoms with Gasteiger partial charge in [0.15, 0.2) is 0 Å². The zero-order valence-corrected chi connectivity index (χ0v) is 8.32. The molecular weight excluding hydrogens is 176 g/mol. The van der Waals surface area contributed by atoms with Crippen LogP contribution in [0.15, 0.2) is 16.5 Å². The Kier molecular flexibility index (Phi) is 1.61. The Bertz CT molecular complexity index is 373. The van der Waals surface area contributed by atoms with Gasteiger partial charge in [-0.2, -0.15) is 0 Å². The van der Waals surface area contributed by atoms with Crippen LogP contribution in [0.1, 0.15) is 36.7 Å². The van der Waals surface area contributed by atoms with E-state index in [-0.39, 0.29) is 5.92 Å². The average Bonchev–Trinajstić information content (AvgIpc) is 3.06. The lowest BCUT2D eigenvalue weighted by Gasteiger charge is -1.94. The molecule has 14 heavy (non-hydrogen) atoms. The van der Waals surface area contributed by atoms with Crippen LogP contribution in [-0.2, 0) is 4.79 Å². The van der Waals surface area contributed by atoms with Gasteiger partial charge in [0, 0.05) is 17.8 Å². The molecule has 74 valence electrons. The van der Waals surface area contributed by atoms with E-state index in [9.17, 15) is 4.79 Å². The van der Waals surface area contributed by atoms with Crippen LogP contribution in [0.25, 0.3) is 0 Å². The predicted octanol–water partition coefficient (Wildman–Crippen LogP) is 2.67. The number of carbonyl (C=O) groups is 1. The van der Waals surface area contributed by atoms with E-state index in [1.54, 1.807) is 0 Å². The maximum atomic E-state index is 11.7. The summed E-state index contributed by atoms with van der Waals surface area (Å²) in [5, 5.41) is 0. The quantitative estimate of drug-likeness (QED) is 0.733. The van der Waals surface area contributed by atoms with Gasteiger partial charge in [0.2, 0.25) is 0 Å². The molecule has 2 nitrogen and oxygen atoms in total. The molecule has 2 atom stereocenters. The SMILES string of the molecule is Cc1ccc([C@@H]2C[C@H]2C(=O)C2CC2)o1. The summed E-state index contributed by atoms with van der Waals surface area (Å²) in [6, 6.07) is 3.99. The van der Waals surface area contributed by atoms with Crippen molar-refractivity contribution in [3.8, 4) is 0 Å². The van der Waals surface area contributed by atoms with Crippen LogP contribution in [0.3, 0.4) is 0 Å². The molecule has 0 N–H and O–H groups in total. The van der Waals surface area contributed by atoms with E-state index in [0.29, 0.717) is 17.6 Å². The van der Waals surface area contributed by atoms with Gasteiger partial charge in [-0.3, -0.25) is 4.79 Å². The molecule has 0 radical (unpaired) electrons. The van der Waals surface area contributed by atoms with E-state index in [2.05, 4.69) is 0 Å². The number of aryl methyl sites for hydroxylation is 1. The number of carbonyl (C=O) groups excluding carboxylic acids is 1. The molecule has 2 fully saturated rings. The van der Waals surface area contributed by atoms with Crippen LogP contribution >= 0.6 is 0 Å². The third-order valence-corrected chi connectivity index (χ3v) is 3.26. The zero-order valence-electron chi connectivity index (χ0n) is 8.32. The highest BCUT2D eigenvalue weighted by Gasteiger charge is 2.49. The molecule has 1 aromatic heterocycles. The number of hydrogen-bond acceptors (Lipinski definition) is 2. The molecule has 0 bridgehead atoms. The second kappa shape index (κ2) is 2.72. The molecule has 2 aliphatic rings. The third kappa shape index (κ3) is 1.29. The van der Waals surface area contributed by atoms with Crippen molar-refractivity contribution < 1.29 is 9.21 Å². The minimum atomic E-state index is 0.285. The van der Waals surface area contributed by atoms with Gasteiger partial charge < -0.3 is 4.42 Å². The summed E-state index contributed by atoms with van der Waals surface area (Å²) in [7, 11) is 0. The van der Waals surface area contributed by atoms with Crippen molar-refractivity contribution >= 4 is 5.78 Å². The highest BCUT2D eigenvalue weighted by Crippen LogP contribution is 2.52. The molecule has 0 aromatic carbocycles. The highest BCUT2D eigenvalue weighted by molar-refractivity contribution is 5.88. The normalized spacial score (nSPS) is 30.4. The second-order valence-corrected chi connectivity index (χ2v) is 4.57. The van der Waals surface area contributed by atoms with Gasteiger partial charge in [-0.05, 0) is 38.3 Å². The van der Waals surface area contributed by atoms with Crippen molar-refractivity contribution in [3.63, 3.8) is 0 Å². The average molecular weight is 190 g/mol. The summed E-state index contributed by atoms with van der Waals surface area (Å²) in [5.74, 6) is 3.54. The standard InChI is InChI=1S/C12H14O2/c1-7-2-5-11(14-7)9-6-10(9)12(13)8-3-4-8/h2,5,8-10H,3-4,6H2,1H3/t9-,10-/m1/s1. The van der Waals surface area contributed by atoms with Gasteiger partial charge in [-0.15, -0.1) is 0 Å². The number of Topliss-reactive ketones (excluding diaryl/α,β-unsaturated/α-hetero) is 1. The molecule has 0 amide bonds. The molecule has 2 aliphatic carbocycles. The largest absolute Gasteiger partial charge is 0.466 e. The van der Waals surface area contributed by atoms with Crippen molar-refractivity contribution in [3.05, 3.63) is 23.7 Å². The monoisotopic (exact) mass is 190 g/mol. The summed E-state index contributed by atoms with van der Waals surface area (Å²) in [6.45, 7) is 1.95. The molecule has 3 rings (SSSR count). The third-order valence-electron chi connectivity index (χ3n) is 3.26. The van der Waals surface area contributed by atoms with E-state index in [0.717, 1.165) is 30.8 Å². The van der Waals surface area contributed by atoms with E-state index < -0.39 is 0 Å². The van der Waals surface area contributed by atoms with Gasteiger partial charge in [0.05, 0.1) is 0 Å². The molecule has 0 aliphatic heterocycles. The van der Waals surface area contributed by atoms with Crippen LogP contribution in [0.5, 0.6) is 0 Å². The Morgan fingerprint density at radius 1 is 1.43 bits per heavy atom. The molecule has 0 unspecified atom stereocenters. The van der Waals surface area contributed by atoms with Crippen molar-refractivity contribution in [1.29, 1.82) is 0 Å². The van der Waals surface area contributed by atoms with E-state index in [1.807, 2.05) is 19.1 Å². The Hall–Kier alpha value is -1.05.